The number of ether oxygens (including phenoxy) is 1. The fourth-order valence-electron chi connectivity index (χ4n) is 2.70. The molecule has 1 aromatic carbocycles. The van der Waals surface area contributed by atoms with E-state index < -0.39 is 0 Å². The first kappa shape index (κ1) is 12.9. The van der Waals surface area contributed by atoms with Crippen LogP contribution in [0.2, 0.25) is 0 Å². The molecule has 1 fully saturated rings. The molecule has 102 valence electrons. The zero-order valence-electron chi connectivity index (χ0n) is 11.5. The Kier molecular flexibility index (Phi) is 3.53. The first-order valence-corrected chi connectivity index (χ1v) is 6.91. The number of hydrogen-bond acceptors (Lipinski definition) is 4. The standard InChI is InChI=1S/C16H17N3O/c1-18-10-11-6-13(7-11)20-16-8-12(9-17)14-4-2-3-5-15(14)19-16/h2-5,8,11,13,18H,6-7,10H2,1H3. The van der Waals surface area contributed by atoms with Gasteiger partial charge in [-0.3, -0.25) is 0 Å². The quantitative estimate of drug-likeness (QED) is 0.924. The van der Waals surface area contributed by atoms with Gasteiger partial charge in [-0.15, -0.1) is 0 Å². The summed E-state index contributed by atoms with van der Waals surface area (Å²) >= 11 is 0. The van der Waals surface area contributed by atoms with E-state index in [1.54, 1.807) is 6.07 Å². The van der Waals surface area contributed by atoms with Crippen LogP contribution >= 0.6 is 0 Å². The number of hydrogen-bond donors (Lipinski definition) is 1. The molecular formula is C16H17N3O. The van der Waals surface area contributed by atoms with E-state index in [2.05, 4.69) is 16.4 Å². The molecule has 20 heavy (non-hydrogen) atoms. The molecule has 3 rings (SSSR count). The average molecular weight is 267 g/mol. The van der Waals surface area contributed by atoms with Crippen molar-refractivity contribution >= 4 is 10.9 Å². The second-order valence-electron chi connectivity index (χ2n) is 5.27. The van der Waals surface area contributed by atoms with Gasteiger partial charge in [0.1, 0.15) is 12.2 Å². The molecule has 0 unspecified atom stereocenters. The van der Waals surface area contributed by atoms with Crippen LogP contribution in [-0.4, -0.2) is 24.7 Å². The van der Waals surface area contributed by atoms with Gasteiger partial charge in [0, 0.05) is 11.5 Å². The summed E-state index contributed by atoms with van der Waals surface area (Å²) in [5, 5.41) is 13.3. The van der Waals surface area contributed by atoms with Crippen LogP contribution in [0.5, 0.6) is 5.88 Å². The Balaban J connectivity index is 1.78. The minimum atomic E-state index is 0.230. The van der Waals surface area contributed by atoms with Gasteiger partial charge in [-0.25, -0.2) is 4.98 Å². The molecule has 0 bridgehead atoms. The summed E-state index contributed by atoms with van der Waals surface area (Å²) in [7, 11) is 1.97. The smallest absolute Gasteiger partial charge is 0.215 e. The molecule has 1 N–H and O–H groups in total. The van der Waals surface area contributed by atoms with Crippen LogP contribution in [0.25, 0.3) is 10.9 Å². The summed E-state index contributed by atoms with van der Waals surface area (Å²) < 4.78 is 5.89. The normalized spacial score (nSPS) is 21.2. The van der Waals surface area contributed by atoms with Crippen LogP contribution < -0.4 is 10.1 Å². The van der Waals surface area contributed by atoms with Gasteiger partial charge in [0.2, 0.25) is 5.88 Å². The molecule has 4 heteroatoms. The Morgan fingerprint density at radius 2 is 2.20 bits per heavy atom. The summed E-state index contributed by atoms with van der Waals surface area (Å²) in [4.78, 5) is 4.49. The second-order valence-corrected chi connectivity index (χ2v) is 5.27. The number of para-hydroxylation sites is 1. The molecule has 1 heterocycles. The third kappa shape index (κ3) is 2.45. The lowest BCUT2D eigenvalue weighted by Gasteiger charge is -2.34. The highest BCUT2D eigenvalue weighted by atomic mass is 16.5. The van der Waals surface area contributed by atoms with Crippen molar-refractivity contribution in [2.75, 3.05) is 13.6 Å². The summed E-state index contributed by atoms with van der Waals surface area (Å²) in [5.41, 5.74) is 1.43. The highest BCUT2D eigenvalue weighted by molar-refractivity contribution is 5.85. The molecule has 0 amide bonds. The minimum absolute atomic E-state index is 0.230. The highest BCUT2D eigenvalue weighted by Gasteiger charge is 2.30. The number of fused-ring (bicyclic) bond motifs is 1. The van der Waals surface area contributed by atoms with Gasteiger partial charge < -0.3 is 10.1 Å². The van der Waals surface area contributed by atoms with E-state index in [4.69, 9.17) is 4.74 Å². The molecule has 4 nitrogen and oxygen atoms in total. The topological polar surface area (TPSA) is 57.9 Å². The lowest BCUT2D eigenvalue weighted by Crippen LogP contribution is -2.38. The molecule has 1 aromatic heterocycles. The molecule has 2 aromatic rings. The fourth-order valence-corrected chi connectivity index (χ4v) is 2.70. The summed E-state index contributed by atoms with van der Waals surface area (Å²) in [6.45, 7) is 1.04. The number of aromatic nitrogens is 1. The average Bonchev–Trinajstić information content (AvgIpc) is 2.44. The van der Waals surface area contributed by atoms with Gasteiger partial charge in [0.25, 0.3) is 0 Å². The lowest BCUT2D eigenvalue weighted by molar-refractivity contribution is 0.0620. The van der Waals surface area contributed by atoms with Crippen molar-refractivity contribution in [2.24, 2.45) is 5.92 Å². The Morgan fingerprint density at radius 3 is 2.95 bits per heavy atom. The fraction of sp³-hybridized carbons (Fsp3) is 0.375. The molecule has 1 aliphatic carbocycles. The molecule has 0 spiro atoms. The van der Waals surface area contributed by atoms with Crippen LogP contribution in [-0.2, 0) is 0 Å². The van der Waals surface area contributed by atoms with Crippen molar-refractivity contribution in [1.29, 1.82) is 5.26 Å². The van der Waals surface area contributed by atoms with E-state index >= 15 is 0 Å². The van der Waals surface area contributed by atoms with Gasteiger partial charge in [0.15, 0.2) is 0 Å². The molecular weight excluding hydrogens is 250 g/mol. The zero-order valence-corrected chi connectivity index (χ0v) is 11.5. The minimum Gasteiger partial charge on any atom is -0.474 e. The molecule has 1 saturated carbocycles. The first-order chi connectivity index (χ1) is 9.80. The van der Waals surface area contributed by atoms with E-state index in [1.165, 1.54) is 0 Å². The lowest BCUT2D eigenvalue weighted by atomic mass is 9.82. The van der Waals surface area contributed by atoms with Gasteiger partial charge in [-0.1, -0.05) is 18.2 Å². The Hall–Kier alpha value is -2.12. The van der Waals surface area contributed by atoms with Crippen LogP contribution in [0.1, 0.15) is 18.4 Å². The number of nitrogens with one attached hydrogen (secondary N) is 1. The maximum Gasteiger partial charge on any atom is 0.215 e. The van der Waals surface area contributed by atoms with Gasteiger partial charge in [-0.05, 0) is 38.4 Å². The second kappa shape index (κ2) is 5.48. The van der Waals surface area contributed by atoms with E-state index in [0.29, 0.717) is 17.4 Å². The number of pyridine rings is 1. The maximum atomic E-state index is 9.24. The maximum absolute atomic E-state index is 9.24. The van der Waals surface area contributed by atoms with Crippen molar-refractivity contribution in [2.45, 2.75) is 18.9 Å². The van der Waals surface area contributed by atoms with Crippen molar-refractivity contribution in [3.63, 3.8) is 0 Å². The number of rotatable bonds is 4. The van der Waals surface area contributed by atoms with E-state index in [9.17, 15) is 5.26 Å². The van der Waals surface area contributed by atoms with Gasteiger partial charge in [-0.2, -0.15) is 5.26 Å². The largest absolute Gasteiger partial charge is 0.474 e. The van der Waals surface area contributed by atoms with Crippen LogP contribution in [0.15, 0.2) is 30.3 Å². The van der Waals surface area contributed by atoms with Crippen molar-refractivity contribution < 1.29 is 4.74 Å². The van der Waals surface area contributed by atoms with E-state index in [1.807, 2.05) is 31.3 Å². The summed E-state index contributed by atoms with van der Waals surface area (Å²) in [6.07, 6.45) is 2.34. The molecule has 1 aliphatic rings. The number of benzene rings is 1. The van der Waals surface area contributed by atoms with E-state index in [0.717, 1.165) is 30.3 Å². The molecule has 0 aliphatic heterocycles. The molecule has 0 atom stereocenters. The summed E-state index contributed by atoms with van der Waals surface area (Å²) in [6, 6.07) is 11.6. The monoisotopic (exact) mass is 267 g/mol. The Morgan fingerprint density at radius 1 is 1.40 bits per heavy atom. The Bertz CT molecular complexity index is 656. The summed E-state index contributed by atoms with van der Waals surface area (Å²) in [5.74, 6) is 1.26. The predicted octanol–water partition coefficient (Wildman–Crippen LogP) is 2.48. The number of nitriles is 1. The highest BCUT2D eigenvalue weighted by Crippen LogP contribution is 2.31. The number of nitrogens with zero attached hydrogens (tertiary/aromatic N) is 2. The molecule has 0 saturated heterocycles. The van der Waals surface area contributed by atoms with Crippen LogP contribution in [0.4, 0.5) is 0 Å². The SMILES string of the molecule is CNCC1CC(Oc2cc(C#N)c3ccccc3n2)C1. The Labute approximate surface area is 118 Å². The third-order valence-corrected chi connectivity index (χ3v) is 3.79. The first-order valence-electron chi connectivity index (χ1n) is 6.91. The van der Waals surface area contributed by atoms with Crippen LogP contribution in [0, 0.1) is 17.2 Å². The van der Waals surface area contributed by atoms with E-state index in [-0.39, 0.29) is 6.10 Å². The predicted molar refractivity (Wildman–Crippen MR) is 77.5 cm³/mol. The van der Waals surface area contributed by atoms with Crippen molar-refractivity contribution in [3.8, 4) is 11.9 Å². The third-order valence-electron chi connectivity index (χ3n) is 3.79. The van der Waals surface area contributed by atoms with Crippen LogP contribution in [0.3, 0.4) is 0 Å². The van der Waals surface area contributed by atoms with Gasteiger partial charge in [0.05, 0.1) is 11.1 Å². The zero-order chi connectivity index (χ0) is 13.9. The van der Waals surface area contributed by atoms with Crippen molar-refractivity contribution in [1.82, 2.24) is 10.3 Å². The molecule has 0 radical (unpaired) electrons. The van der Waals surface area contributed by atoms with Gasteiger partial charge >= 0.3 is 0 Å². The van der Waals surface area contributed by atoms with Crippen molar-refractivity contribution in [3.05, 3.63) is 35.9 Å².